The maximum atomic E-state index is 12.4. The first-order valence-electron chi connectivity index (χ1n) is 7.00. The molecule has 0 fully saturated rings. The molecule has 0 bridgehead atoms. The van der Waals surface area contributed by atoms with Crippen LogP contribution < -0.4 is 4.74 Å². The van der Waals surface area contributed by atoms with Gasteiger partial charge in [-0.2, -0.15) is 0 Å². The van der Waals surface area contributed by atoms with Gasteiger partial charge in [0.05, 0.1) is 12.2 Å². The van der Waals surface area contributed by atoms with Crippen LogP contribution in [0.1, 0.15) is 22.8 Å². The Bertz CT molecular complexity index is 734. The summed E-state index contributed by atoms with van der Waals surface area (Å²) in [6.45, 7) is 5.40. The summed E-state index contributed by atoms with van der Waals surface area (Å²) in [6, 6.07) is 12.9. The molecule has 0 aromatic heterocycles. The van der Waals surface area contributed by atoms with Crippen LogP contribution in [0, 0.1) is 0 Å². The van der Waals surface area contributed by atoms with Crippen molar-refractivity contribution < 1.29 is 24.2 Å². The summed E-state index contributed by atoms with van der Waals surface area (Å²) in [7, 11) is 0. The molecular formula is C18H16O5. The molecule has 0 aliphatic rings. The van der Waals surface area contributed by atoms with Gasteiger partial charge in [-0.3, -0.25) is 4.79 Å². The number of carbonyl (C=O) groups is 2. The van der Waals surface area contributed by atoms with Crippen LogP contribution in [0.5, 0.6) is 11.5 Å². The minimum absolute atomic E-state index is 0.0449. The third kappa shape index (κ3) is 3.77. The topological polar surface area (TPSA) is 72.8 Å². The predicted molar refractivity (Wildman–Crippen MR) is 84.4 cm³/mol. The summed E-state index contributed by atoms with van der Waals surface area (Å²) >= 11 is 0. The van der Waals surface area contributed by atoms with Gasteiger partial charge in [-0.1, -0.05) is 36.4 Å². The third-order valence-corrected chi connectivity index (χ3v) is 3.03. The highest BCUT2D eigenvalue weighted by Gasteiger charge is 2.19. The molecule has 5 nitrogen and oxygen atoms in total. The van der Waals surface area contributed by atoms with Crippen LogP contribution in [0.25, 0.3) is 0 Å². The van der Waals surface area contributed by atoms with E-state index in [9.17, 15) is 14.7 Å². The lowest BCUT2D eigenvalue weighted by atomic mass is 10.0. The van der Waals surface area contributed by atoms with E-state index >= 15 is 0 Å². The number of carbonyl (C=O) groups excluding carboxylic acids is 2. The maximum Gasteiger partial charge on any atom is 0.378 e. The van der Waals surface area contributed by atoms with Crippen molar-refractivity contribution in [2.24, 2.45) is 0 Å². The van der Waals surface area contributed by atoms with Crippen LogP contribution in [0.2, 0.25) is 0 Å². The molecule has 0 saturated carbocycles. The molecule has 5 heteroatoms. The van der Waals surface area contributed by atoms with Gasteiger partial charge in [0.1, 0.15) is 0 Å². The number of esters is 1. The van der Waals surface area contributed by atoms with Crippen LogP contribution in [-0.4, -0.2) is 23.5 Å². The summed E-state index contributed by atoms with van der Waals surface area (Å²) in [5.41, 5.74) is 0.466. The van der Waals surface area contributed by atoms with E-state index in [1.165, 1.54) is 18.2 Å². The Kier molecular flexibility index (Phi) is 5.15. The molecule has 0 radical (unpaired) electrons. The first-order valence-corrected chi connectivity index (χ1v) is 7.00. The average Bonchev–Trinajstić information content (AvgIpc) is 2.57. The van der Waals surface area contributed by atoms with Gasteiger partial charge < -0.3 is 14.6 Å². The molecule has 0 spiro atoms. The van der Waals surface area contributed by atoms with Crippen molar-refractivity contribution in [3.05, 3.63) is 72.0 Å². The first kappa shape index (κ1) is 16.3. The van der Waals surface area contributed by atoms with Gasteiger partial charge in [0.15, 0.2) is 23.0 Å². The fraction of sp³-hybridized carbons (Fsp3) is 0.111. The van der Waals surface area contributed by atoms with Gasteiger partial charge in [0.2, 0.25) is 0 Å². The number of aromatic hydroxyl groups is 1. The van der Waals surface area contributed by atoms with E-state index in [-0.39, 0.29) is 29.5 Å². The largest absolute Gasteiger partial charge is 0.504 e. The van der Waals surface area contributed by atoms with Gasteiger partial charge in [0.25, 0.3) is 0 Å². The molecule has 0 aliphatic heterocycles. The Morgan fingerprint density at radius 1 is 1.09 bits per heavy atom. The number of para-hydroxylation sites is 1. The molecule has 118 valence electrons. The smallest absolute Gasteiger partial charge is 0.378 e. The Labute approximate surface area is 133 Å². The standard InChI is InChI=1S/C18H16O5/c1-3-22-12(2)18(21)23-15-11-7-10-14(17(15)20)16(19)13-8-5-4-6-9-13/h4-11,20H,2-3H2,1H3. The van der Waals surface area contributed by atoms with Crippen molar-refractivity contribution in [1.29, 1.82) is 0 Å². The number of phenols is 1. The fourth-order valence-corrected chi connectivity index (χ4v) is 1.92. The van der Waals surface area contributed by atoms with Crippen molar-refractivity contribution in [3.8, 4) is 11.5 Å². The average molecular weight is 312 g/mol. The monoisotopic (exact) mass is 312 g/mol. The van der Waals surface area contributed by atoms with Crippen LogP contribution in [-0.2, 0) is 9.53 Å². The molecule has 0 aliphatic carbocycles. The quantitative estimate of drug-likeness (QED) is 0.292. The zero-order valence-electron chi connectivity index (χ0n) is 12.6. The number of hydrogen-bond donors (Lipinski definition) is 1. The molecule has 1 N–H and O–H groups in total. The highest BCUT2D eigenvalue weighted by Crippen LogP contribution is 2.31. The van der Waals surface area contributed by atoms with Crippen LogP contribution in [0.4, 0.5) is 0 Å². The van der Waals surface area contributed by atoms with Crippen molar-refractivity contribution in [1.82, 2.24) is 0 Å². The number of hydrogen-bond acceptors (Lipinski definition) is 5. The molecule has 2 aromatic rings. The van der Waals surface area contributed by atoms with E-state index in [2.05, 4.69) is 6.58 Å². The number of ketones is 1. The third-order valence-electron chi connectivity index (χ3n) is 3.03. The highest BCUT2D eigenvalue weighted by molar-refractivity contribution is 6.11. The molecule has 0 amide bonds. The summed E-state index contributed by atoms with van der Waals surface area (Å²) < 4.78 is 9.97. The molecule has 0 heterocycles. The summed E-state index contributed by atoms with van der Waals surface area (Å²) in [6.07, 6.45) is 0. The van der Waals surface area contributed by atoms with Crippen molar-refractivity contribution in [2.75, 3.05) is 6.61 Å². The van der Waals surface area contributed by atoms with Gasteiger partial charge >= 0.3 is 5.97 Å². The fourth-order valence-electron chi connectivity index (χ4n) is 1.92. The highest BCUT2D eigenvalue weighted by atomic mass is 16.6. The Morgan fingerprint density at radius 3 is 2.43 bits per heavy atom. The predicted octanol–water partition coefficient (Wildman–Crippen LogP) is 3.08. The van der Waals surface area contributed by atoms with Gasteiger partial charge in [-0.15, -0.1) is 0 Å². The minimum Gasteiger partial charge on any atom is -0.504 e. The second kappa shape index (κ2) is 7.26. The maximum absolute atomic E-state index is 12.4. The summed E-state index contributed by atoms with van der Waals surface area (Å²) in [4.78, 5) is 24.2. The van der Waals surface area contributed by atoms with Crippen molar-refractivity contribution in [3.63, 3.8) is 0 Å². The number of benzene rings is 2. The Balaban J connectivity index is 2.27. The van der Waals surface area contributed by atoms with E-state index in [1.54, 1.807) is 37.3 Å². The Morgan fingerprint density at radius 2 is 1.78 bits per heavy atom. The minimum atomic E-state index is -0.827. The summed E-state index contributed by atoms with van der Waals surface area (Å²) in [5, 5.41) is 10.2. The van der Waals surface area contributed by atoms with E-state index in [4.69, 9.17) is 9.47 Å². The zero-order chi connectivity index (χ0) is 16.8. The molecule has 0 atom stereocenters. The zero-order valence-corrected chi connectivity index (χ0v) is 12.6. The first-order chi connectivity index (χ1) is 11.0. The molecule has 2 rings (SSSR count). The lowest BCUT2D eigenvalue weighted by Gasteiger charge is -2.10. The van der Waals surface area contributed by atoms with Gasteiger partial charge in [0, 0.05) is 5.56 Å². The molecule has 0 saturated heterocycles. The number of ether oxygens (including phenoxy) is 2. The van der Waals surface area contributed by atoms with Crippen LogP contribution in [0.3, 0.4) is 0 Å². The van der Waals surface area contributed by atoms with Crippen LogP contribution in [0.15, 0.2) is 60.9 Å². The van der Waals surface area contributed by atoms with E-state index in [0.717, 1.165) is 0 Å². The SMILES string of the molecule is C=C(OCC)C(=O)Oc1cccc(C(=O)c2ccccc2)c1O. The summed E-state index contributed by atoms with van der Waals surface area (Å²) in [5.74, 6) is -1.90. The molecule has 2 aromatic carbocycles. The van der Waals surface area contributed by atoms with Crippen molar-refractivity contribution in [2.45, 2.75) is 6.92 Å². The second-order valence-electron chi connectivity index (χ2n) is 4.59. The number of phenolic OH excluding ortho intramolecular Hbond substituents is 1. The van der Waals surface area contributed by atoms with E-state index < -0.39 is 11.7 Å². The van der Waals surface area contributed by atoms with Crippen molar-refractivity contribution >= 4 is 11.8 Å². The normalized spacial score (nSPS) is 9.96. The Hall–Kier alpha value is -3.08. The van der Waals surface area contributed by atoms with Gasteiger partial charge in [-0.25, -0.2) is 4.79 Å². The lowest BCUT2D eigenvalue weighted by Crippen LogP contribution is -2.13. The lowest BCUT2D eigenvalue weighted by molar-refractivity contribution is -0.134. The van der Waals surface area contributed by atoms with Gasteiger partial charge in [-0.05, 0) is 25.6 Å². The van der Waals surface area contributed by atoms with E-state index in [0.29, 0.717) is 5.56 Å². The number of rotatable bonds is 6. The second-order valence-corrected chi connectivity index (χ2v) is 4.59. The van der Waals surface area contributed by atoms with Crippen LogP contribution >= 0.6 is 0 Å². The molecule has 23 heavy (non-hydrogen) atoms. The molecular weight excluding hydrogens is 296 g/mol. The van der Waals surface area contributed by atoms with E-state index in [1.807, 2.05) is 0 Å². The molecule has 0 unspecified atom stereocenters.